The van der Waals surface area contributed by atoms with Crippen molar-refractivity contribution in [3.63, 3.8) is 0 Å². The molecule has 0 spiro atoms. The van der Waals surface area contributed by atoms with Gasteiger partial charge >= 0.3 is 18.2 Å². The fourth-order valence-electron chi connectivity index (χ4n) is 3.28. The molecule has 0 aliphatic rings. The number of carbonyl (C=O) groups is 1. The second-order valence-corrected chi connectivity index (χ2v) is 7.72. The lowest BCUT2D eigenvalue weighted by molar-refractivity contribution is -0.384. The zero-order valence-corrected chi connectivity index (χ0v) is 20.1. The molecule has 11 nitrogen and oxygen atoms in total. The zero-order valence-electron chi connectivity index (χ0n) is 20.1. The molecule has 0 atom stereocenters. The smallest absolute Gasteiger partial charge is 0.468 e. The molecule has 0 radical (unpaired) electrons. The highest BCUT2D eigenvalue weighted by molar-refractivity contribution is 5.77. The SMILES string of the molecule is COc1ccc(-c2nc(C(F)(F)F)oc2-c2ccc(OCCNC(=O)Oc3ccc([N+](=O)[O-])cc3)cc2)cn1. The van der Waals surface area contributed by atoms with Crippen molar-refractivity contribution >= 4 is 11.8 Å². The van der Waals surface area contributed by atoms with Gasteiger partial charge in [0.2, 0.25) is 5.88 Å². The molecule has 4 aromatic rings. The van der Waals surface area contributed by atoms with Crippen LogP contribution in [0, 0.1) is 10.1 Å². The maximum absolute atomic E-state index is 13.3. The maximum atomic E-state index is 13.3. The molecule has 2 heterocycles. The zero-order chi connectivity index (χ0) is 28.0. The number of amides is 1. The number of benzene rings is 2. The molecule has 0 unspecified atom stereocenters. The lowest BCUT2D eigenvalue weighted by Gasteiger charge is -2.09. The van der Waals surface area contributed by atoms with E-state index in [9.17, 15) is 28.1 Å². The number of nitrogens with one attached hydrogen (secondary N) is 1. The van der Waals surface area contributed by atoms with Crippen LogP contribution in [0.1, 0.15) is 5.89 Å². The second-order valence-electron chi connectivity index (χ2n) is 7.72. The summed E-state index contributed by atoms with van der Waals surface area (Å²) in [6.07, 6.45) is -4.24. The molecule has 202 valence electrons. The van der Waals surface area contributed by atoms with E-state index in [2.05, 4.69) is 15.3 Å². The number of oxazole rings is 1. The molecule has 0 fully saturated rings. The van der Waals surface area contributed by atoms with Crippen LogP contribution in [0.15, 0.2) is 71.3 Å². The van der Waals surface area contributed by atoms with Crippen molar-refractivity contribution in [2.24, 2.45) is 0 Å². The lowest BCUT2D eigenvalue weighted by atomic mass is 10.1. The van der Waals surface area contributed by atoms with Crippen molar-refractivity contribution in [1.29, 1.82) is 0 Å². The first kappa shape index (κ1) is 26.9. The number of pyridine rings is 1. The highest BCUT2D eigenvalue weighted by Gasteiger charge is 2.39. The lowest BCUT2D eigenvalue weighted by Crippen LogP contribution is -2.30. The molecular weight excluding hydrogens is 525 g/mol. The highest BCUT2D eigenvalue weighted by Crippen LogP contribution is 2.38. The van der Waals surface area contributed by atoms with E-state index in [0.717, 1.165) is 0 Å². The number of nitrogens with zero attached hydrogens (tertiary/aromatic N) is 3. The van der Waals surface area contributed by atoms with E-state index in [-0.39, 0.29) is 41.9 Å². The Hall–Kier alpha value is -5.14. The summed E-state index contributed by atoms with van der Waals surface area (Å²) in [6, 6.07) is 14.1. The summed E-state index contributed by atoms with van der Waals surface area (Å²) in [5.41, 5.74) is 0.445. The molecule has 0 bridgehead atoms. The third-order valence-electron chi connectivity index (χ3n) is 5.10. The summed E-state index contributed by atoms with van der Waals surface area (Å²) < 4.78 is 60.6. The first-order chi connectivity index (χ1) is 18.6. The highest BCUT2D eigenvalue weighted by atomic mass is 19.4. The summed E-state index contributed by atoms with van der Waals surface area (Å²) in [6.45, 7) is 0.122. The summed E-state index contributed by atoms with van der Waals surface area (Å²) >= 11 is 0. The van der Waals surface area contributed by atoms with Gasteiger partial charge in [0.15, 0.2) is 5.76 Å². The van der Waals surface area contributed by atoms with Crippen LogP contribution in [0.3, 0.4) is 0 Å². The Morgan fingerprint density at radius 2 is 1.69 bits per heavy atom. The molecule has 0 aliphatic carbocycles. The van der Waals surface area contributed by atoms with Gasteiger partial charge in [0.05, 0.1) is 18.6 Å². The molecule has 0 saturated carbocycles. The third-order valence-corrected chi connectivity index (χ3v) is 5.10. The van der Waals surface area contributed by atoms with E-state index >= 15 is 0 Å². The number of rotatable bonds is 9. The van der Waals surface area contributed by atoms with Crippen LogP contribution < -0.4 is 19.5 Å². The second kappa shape index (κ2) is 11.5. The topological polar surface area (TPSA) is 139 Å². The number of hydrogen-bond donors (Lipinski definition) is 1. The van der Waals surface area contributed by atoms with Gasteiger partial charge in [-0.25, -0.2) is 14.8 Å². The number of aromatic nitrogens is 2. The Bertz CT molecular complexity index is 1440. The van der Waals surface area contributed by atoms with Gasteiger partial charge in [-0.2, -0.15) is 13.2 Å². The molecule has 39 heavy (non-hydrogen) atoms. The fourth-order valence-corrected chi connectivity index (χ4v) is 3.28. The van der Waals surface area contributed by atoms with Crippen molar-refractivity contribution in [2.45, 2.75) is 6.18 Å². The number of alkyl halides is 3. The van der Waals surface area contributed by atoms with Gasteiger partial charge in [0.25, 0.3) is 5.69 Å². The summed E-state index contributed by atoms with van der Waals surface area (Å²) in [5.74, 6) is -0.699. The largest absolute Gasteiger partial charge is 0.492 e. The van der Waals surface area contributed by atoms with E-state index in [1.807, 2.05) is 0 Å². The number of non-ortho nitro benzene ring substituents is 1. The minimum Gasteiger partial charge on any atom is -0.492 e. The van der Waals surface area contributed by atoms with Gasteiger partial charge < -0.3 is 23.9 Å². The van der Waals surface area contributed by atoms with Gasteiger partial charge in [0, 0.05) is 35.5 Å². The predicted molar refractivity (Wildman–Crippen MR) is 129 cm³/mol. The Morgan fingerprint density at radius 1 is 1.03 bits per heavy atom. The van der Waals surface area contributed by atoms with Crippen LogP contribution in [0.25, 0.3) is 22.6 Å². The first-order valence-electron chi connectivity index (χ1n) is 11.2. The molecule has 1 N–H and O–H groups in total. The molecule has 0 aliphatic heterocycles. The van der Waals surface area contributed by atoms with Crippen molar-refractivity contribution in [1.82, 2.24) is 15.3 Å². The van der Waals surface area contributed by atoms with E-state index in [0.29, 0.717) is 16.9 Å². The minimum atomic E-state index is -4.79. The van der Waals surface area contributed by atoms with Crippen LogP contribution >= 0.6 is 0 Å². The number of nitro benzene ring substituents is 1. The summed E-state index contributed by atoms with van der Waals surface area (Å²) in [4.78, 5) is 29.6. The van der Waals surface area contributed by atoms with Gasteiger partial charge in [-0.05, 0) is 42.5 Å². The summed E-state index contributed by atoms with van der Waals surface area (Å²) in [5, 5.41) is 13.1. The Balaban J connectivity index is 1.36. The molecule has 4 rings (SSSR count). The van der Waals surface area contributed by atoms with Crippen LogP contribution in [0.2, 0.25) is 0 Å². The third kappa shape index (κ3) is 6.80. The summed E-state index contributed by atoms with van der Waals surface area (Å²) in [7, 11) is 1.42. The van der Waals surface area contributed by atoms with Gasteiger partial charge in [-0.15, -0.1) is 0 Å². The number of nitro groups is 1. The quantitative estimate of drug-likeness (QED) is 0.164. The minimum absolute atomic E-state index is 0.0399. The van der Waals surface area contributed by atoms with E-state index < -0.39 is 23.1 Å². The predicted octanol–water partition coefficient (Wildman–Crippen LogP) is 5.51. The number of carbonyl (C=O) groups excluding carboxylic acids is 1. The molecule has 14 heteroatoms. The average Bonchev–Trinajstić information content (AvgIpc) is 3.38. The Morgan fingerprint density at radius 3 is 2.28 bits per heavy atom. The van der Waals surface area contributed by atoms with Crippen molar-refractivity contribution in [3.05, 3.63) is 82.9 Å². The van der Waals surface area contributed by atoms with Crippen molar-refractivity contribution < 1.29 is 41.5 Å². The maximum Gasteiger partial charge on any atom is 0.468 e. The monoisotopic (exact) mass is 544 g/mol. The first-order valence-corrected chi connectivity index (χ1v) is 11.2. The number of methoxy groups -OCH3 is 1. The Labute approximate surface area is 218 Å². The van der Waals surface area contributed by atoms with E-state index in [4.69, 9.17) is 18.6 Å². The fraction of sp³-hybridized carbons (Fsp3) is 0.160. The number of ether oxygens (including phenoxy) is 3. The molecule has 2 aromatic carbocycles. The number of halogens is 3. The van der Waals surface area contributed by atoms with Crippen LogP contribution in [-0.4, -0.2) is 41.2 Å². The van der Waals surface area contributed by atoms with Crippen LogP contribution in [0.5, 0.6) is 17.4 Å². The average molecular weight is 544 g/mol. The van der Waals surface area contributed by atoms with Crippen LogP contribution in [0.4, 0.5) is 23.7 Å². The van der Waals surface area contributed by atoms with Crippen molar-refractivity contribution in [2.75, 3.05) is 20.3 Å². The van der Waals surface area contributed by atoms with Gasteiger partial charge in [0.1, 0.15) is 23.8 Å². The Kier molecular flexibility index (Phi) is 7.93. The molecule has 0 saturated heterocycles. The number of hydrogen-bond acceptors (Lipinski definition) is 9. The van der Waals surface area contributed by atoms with Crippen LogP contribution in [-0.2, 0) is 6.18 Å². The van der Waals surface area contributed by atoms with Gasteiger partial charge in [-0.3, -0.25) is 10.1 Å². The van der Waals surface area contributed by atoms with Crippen molar-refractivity contribution in [3.8, 4) is 40.0 Å². The molecule has 1 amide bonds. The molecular formula is C25H19F3N4O7. The standard InChI is InChI=1S/C25H19F3N4O7/c1-36-20-11-4-16(14-30-20)21-22(39-23(31-21)25(26,27)28)15-2-7-18(8-3-15)37-13-12-29-24(33)38-19-9-5-17(6-10-19)32(34)35/h2-11,14H,12-13H2,1H3,(H,29,33). The molecule has 2 aromatic heterocycles. The van der Waals surface area contributed by atoms with E-state index in [1.165, 1.54) is 74.0 Å². The van der Waals surface area contributed by atoms with Gasteiger partial charge in [-0.1, -0.05) is 0 Å². The van der Waals surface area contributed by atoms with E-state index in [1.54, 1.807) is 0 Å². The normalized spacial score (nSPS) is 11.1.